The highest BCUT2D eigenvalue weighted by Gasteiger charge is 2.28. The van der Waals surface area contributed by atoms with Gasteiger partial charge in [0.15, 0.2) is 0 Å². The number of aryl methyl sites for hydroxylation is 3. The van der Waals surface area contributed by atoms with Gasteiger partial charge in [0.2, 0.25) is 5.91 Å². The molecule has 0 aliphatic rings. The highest BCUT2D eigenvalue weighted by molar-refractivity contribution is 7.92. The zero-order chi connectivity index (χ0) is 24.9. The van der Waals surface area contributed by atoms with Crippen molar-refractivity contribution in [1.82, 2.24) is 0 Å². The molecule has 0 unspecified atom stereocenters. The molecule has 0 aliphatic heterocycles. The lowest BCUT2D eigenvalue weighted by atomic mass is 10.1. The Labute approximate surface area is 200 Å². The van der Waals surface area contributed by atoms with Gasteiger partial charge in [0.1, 0.15) is 6.54 Å². The van der Waals surface area contributed by atoms with Crippen molar-refractivity contribution in [1.29, 1.82) is 0 Å². The first-order valence-electron chi connectivity index (χ1n) is 10.9. The highest BCUT2D eigenvalue weighted by atomic mass is 32.2. The number of carbonyl (C=O) groups excluding carboxylic acids is 2. The van der Waals surface area contributed by atoms with Gasteiger partial charge >= 0.3 is 5.97 Å². The Morgan fingerprint density at radius 1 is 0.912 bits per heavy atom. The summed E-state index contributed by atoms with van der Waals surface area (Å²) in [5.74, 6) is -0.954. The van der Waals surface area contributed by atoms with Crippen LogP contribution in [0.1, 0.15) is 34.0 Å². The Bertz CT molecular complexity index is 1300. The summed E-state index contributed by atoms with van der Waals surface area (Å²) in [6.07, 6.45) is 0. The fraction of sp³-hybridized carbons (Fsp3) is 0.231. The molecule has 34 heavy (non-hydrogen) atoms. The van der Waals surface area contributed by atoms with Gasteiger partial charge in [0.25, 0.3) is 10.0 Å². The zero-order valence-corrected chi connectivity index (χ0v) is 20.5. The summed E-state index contributed by atoms with van der Waals surface area (Å²) in [4.78, 5) is 25.1. The van der Waals surface area contributed by atoms with Gasteiger partial charge in [0.05, 0.1) is 22.8 Å². The van der Waals surface area contributed by atoms with E-state index in [1.165, 1.54) is 12.1 Å². The fourth-order valence-corrected chi connectivity index (χ4v) is 4.93. The van der Waals surface area contributed by atoms with E-state index in [0.29, 0.717) is 22.5 Å². The molecule has 0 fully saturated rings. The fourth-order valence-electron chi connectivity index (χ4n) is 3.45. The van der Waals surface area contributed by atoms with Crippen molar-refractivity contribution >= 4 is 33.3 Å². The summed E-state index contributed by atoms with van der Waals surface area (Å²) >= 11 is 0. The number of carbonyl (C=O) groups is 2. The number of hydrogen-bond donors (Lipinski definition) is 1. The number of anilines is 2. The van der Waals surface area contributed by atoms with Gasteiger partial charge in [-0.05, 0) is 75.2 Å². The largest absolute Gasteiger partial charge is 0.462 e. The molecular formula is C26H28N2O5S. The molecular weight excluding hydrogens is 452 g/mol. The average molecular weight is 481 g/mol. The number of amides is 1. The Morgan fingerprint density at radius 3 is 2.21 bits per heavy atom. The van der Waals surface area contributed by atoms with Gasteiger partial charge in [-0.3, -0.25) is 9.10 Å². The van der Waals surface area contributed by atoms with Gasteiger partial charge in [-0.15, -0.1) is 0 Å². The van der Waals surface area contributed by atoms with Crippen LogP contribution in [0.5, 0.6) is 0 Å². The molecule has 0 aliphatic carbocycles. The predicted octanol–water partition coefficient (Wildman–Crippen LogP) is 4.62. The summed E-state index contributed by atoms with van der Waals surface area (Å²) in [5.41, 5.74) is 3.59. The molecule has 8 heteroatoms. The molecule has 1 amide bonds. The Morgan fingerprint density at radius 2 is 1.59 bits per heavy atom. The van der Waals surface area contributed by atoms with Crippen LogP contribution in [0.3, 0.4) is 0 Å². The van der Waals surface area contributed by atoms with Crippen LogP contribution in [0, 0.1) is 20.8 Å². The van der Waals surface area contributed by atoms with Gasteiger partial charge in [-0.25, -0.2) is 13.2 Å². The normalized spacial score (nSPS) is 11.1. The van der Waals surface area contributed by atoms with Crippen molar-refractivity contribution in [2.75, 3.05) is 22.8 Å². The third-order valence-electron chi connectivity index (χ3n) is 5.29. The summed E-state index contributed by atoms with van der Waals surface area (Å²) in [6, 6.07) is 18.3. The van der Waals surface area contributed by atoms with Crippen molar-refractivity contribution in [3.8, 4) is 0 Å². The van der Waals surface area contributed by atoms with Gasteiger partial charge in [-0.1, -0.05) is 35.9 Å². The lowest BCUT2D eigenvalue weighted by Crippen LogP contribution is -2.38. The molecule has 3 aromatic rings. The number of para-hydroxylation sites is 1. The number of hydrogen-bond acceptors (Lipinski definition) is 5. The lowest BCUT2D eigenvalue weighted by Gasteiger charge is -2.26. The number of rotatable bonds is 8. The zero-order valence-electron chi connectivity index (χ0n) is 19.7. The third-order valence-corrected chi connectivity index (χ3v) is 7.07. The molecule has 0 bridgehead atoms. The minimum absolute atomic E-state index is 0.101. The summed E-state index contributed by atoms with van der Waals surface area (Å²) in [7, 11) is -4.00. The van der Waals surface area contributed by atoms with Crippen LogP contribution in [0.25, 0.3) is 0 Å². The first kappa shape index (κ1) is 25.0. The second-order valence-corrected chi connectivity index (χ2v) is 9.77. The van der Waals surface area contributed by atoms with E-state index in [2.05, 4.69) is 5.32 Å². The molecule has 0 heterocycles. The van der Waals surface area contributed by atoms with Crippen molar-refractivity contribution in [2.45, 2.75) is 32.6 Å². The van der Waals surface area contributed by atoms with E-state index >= 15 is 0 Å². The Kier molecular flexibility index (Phi) is 7.73. The topological polar surface area (TPSA) is 92.8 Å². The van der Waals surface area contributed by atoms with Gasteiger partial charge < -0.3 is 10.1 Å². The molecule has 0 aromatic heterocycles. The maximum atomic E-state index is 13.5. The molecule has 1 N–H and O–H groups in total. The van der Waals surface area contributed by atoms with E-state index in [1.54, 1.807) is 69.3 Å². The van der Waals surface area contributed by atoms with Crippen molar-refractivity contribution < 1.29 is 22.7 Å². The van der Waals surface area contributed by atoms with Crippen molar-refractivity contribution in [2.24, 2.45) is 0 Å². The predicted molar refractivity (Wildman–Crippen MR) is 133 cm³/mol. The summed E-state index contributed by atoms with van der Waals surface area (Å²) in [5, 5.41) is 2.76. The van der Waals surface area contributed by atoms with E-state index in [1.807, 2.05) is 13.0 Å². The van der Waals surface area contributed by atoms with E-state index in [4.69, 9.17) is 4.74 Å². The average Bonchev–Trinajstić information content (AvgIpc) is 2.80. The SMILES string of the molecule is CCOC(=O)c1ccc(NC(=O)CN(c2ccccc2C)S(=O)(=O)c2ccc(C)cc2)c(C)c1. The molecule has 0 atom stereocenters. The first-order chi connectivity index (χ1) is 16.1. The first-order valence-corrected chi connectivity index (χ1v) is 12.3. The summed E-state index contributed by atoms with van der Waals surface area (Å²) < 4.78 is 33.2. The van der Waals surface area contributed by atoms with Crippen molar-refractivity contribution in [3.63, 3.8) is 0 Å². The third kappa shape index (κ3) is 5.63. The maximum Gasteiger partial charge on any atom is 0.338 e. The summed E-state index contributed by atoms with van der Waals surface area (Å²) in [6.45, 7) is 6.99. The molecule has 7 nitrogen and oxygen atoms in total. The van der Waals surface area contributed by atoms with Gasteiger partial charge in [-0.2, -0.15) is 0 Å². The molecule has 3 rings (SSSR count). The van der Waals surface area contributed by atoms with Crippen LogP contribution in [0.2, 0.25) is 0 Å². The quantitative estimate of drug-likeness (QED) is 0.475. The minimum atomic E-state index is -4.00. The number of nitrogens with zero attached hydrogens (tertiary/aromatic N) is 1. The number of esters is 1. The van der Waals surface area contributed by atoms with E-state index in [0.717, 1.165) is 15.4 Å². The molecule has 178 valence electrons. The van der Waals surface area contributed by atoms with Gasteiger partial charge in [0, 0.05) is 5.69 Å². The molecule has 3 aromatic carbocycles. The van der Waals surface area contributed by atoms with Crippen LogP contribution in [0.15, 0.2) is 71.6 Å². The second kappa shape index (κ2) is 10.5. The van der Waals surface area contributed by atoms with E-state index in [-0.39, 0.29) is 11.5 Å². The number of nitrogens with one attached hydrogen (secondary N) is 1. The highest BCUT2D eigenvalue weighted by Crippen LogP contribution is 2.27. The Balaban J connectivity index is 1.90. The van der Waals surface area contributed by atoms with Crippen LogP contribution in [0.4, 0.5) is 11.4 Å². The Hall–Kier alpha value is -3.65. The van der Waals surface area contributed by atoms with E-state index in [9.17, 15) is 18.0 Å². The van der Waals surface area contributed by atoms with Crippen LogP contribution >= 0.6 is 0 Å². The van der Waals surface area contributed by atoms with E-state index < -0.39 is 28.4 Å². The molecule has 0 saturated heterocycles. The lowest BCUT2D eigenvalue weighted by molar-refractivity contribution is -0.114. The van der Waals surface area contributed by atoms with Crippen LogP contribution < -0.4 is 9.62 Å². The van der Waals surface area contributed by atoms with Crippen molar-refractivity contribution in [3.05, 3.63) is 89.0 Å². The standard InChI is InChI=1S/C26H28N2O5S/c1-5-33-26(30)21-12-15-23(20(4)16-21)27-25(29)17-28(24-9-7-6-8-19(24)3)34(31,32)22-13-10-18(2)11-14-22/h6-16H,5,17H2,1-4H3,(H,27,29). The van der Waals surface area contributed by atoms with Crippen LogP contribution in [-0.4, -0.2) is 33.4 Å². The molecule has 0 spiro atoms. The minimum Gasteiger partial charge on any atom is -0.462 e. The number of benzene rings is 3. The van der Waals surface area contributed by atoms with Crippen LogP contribution in [-0.2, 0) is 19.6 Å². The number of ether oxygens (including phenoxy) is 1. The molecule has 0 saturated carbocycles. The number of sulfonamides is 1. The smallest absolute Gasteiger partial charge is 0.338 e. The monoisotopic (exact) mass is 480 g/mol. The second-order valence-electron chi connectivity index (χ2n) is 7.91. The maximum absolute atomic E-state index is 13.5. The molecule has 0 radical (unpaired) electrons.